The largest absolute Gasteiger partial charge is 0.382 e. The van der Waals surface area contributed by atoms with Crippen molar-refractivity contribution >= 4 is 15.9 Å². The molecule has 0 radical (unpaired) electrons. The molecule has 6 heteroatoms. The third-order valence-corrected chi connectivity index (χ3v) is 4.33. The summed E-state index contributed by atoms with van der Waals surface area (Å²) < 4.78 is 15.3. The lowest BCUT2D eigenvalue weighted by Crippen LogP contribution is -2.25. The molecule has 0 fully saturated rings. The van der Waals surface area contributed by atoms with Crippen LogP contribution in [0.3, 0.4) is 0 Å². The molecule has 0 saturated heterocycles. The van der Waals surface area contributed by atoms with Crippen LogP contribution in [0, 0.1) is 5.82 Å². The molecule has 4 nitrogen and oxygen atoms in total. The summed E-state index contributed by atoms with van der Waals surface area (Å²) in [6.07, 6.45) is 0.498. The van der Waals surface area contributed by atoms with Gasteiger partial charge in [-0.05, 0) is 42.0 Å². The quantitative estimate of drug-likeness (QED) is 0.747. The number of nitrogens with zero attached hydrogens (tertiary/aromatic N) is 2. The highest BCUT2D eigenvalue weighted by atomic mass is 79.9. The van der Waals surface area contributed by atoms with E-state index in [9.17, 15) is 14.3 Å². The van der Waals surface area contributed by atoms with Gasteiger partial charge in [0.2, 0.25) is 0 Å². The zero-order chi connectivity index (χ0) is 17.3. The van der Waals surface area contributed by atoms with Crippen molar-refractivity contribution in [1.29, 1.82) is 0 Å². The summed E-state index contributed by atoms with van der Waals surface area (Å²) in [5.41, 5.74) is 1.43. The maximum absolute atomic E-state index is 13.0. The lowest BCUT2D eigenvalue weighted by atomic mass is 10.1. The Morgan fingerprint density at radius 3 is 2.38 bits per heavy atom. The van der Waals surface area contributed by atoms with Gasteiger partial charge in [-0.1, -0.05) is 28.1 Å². The molecule has 0 aliphatic carbocycles. The molecular formula is C18H14BrFN2O2. The third-order valence-electron chi connectivity index (χ3n) is 3.80. The van der Waals surface area contributed by atoms with E-state index in [2.05, 4.69) is 20.9 Å². The number of benzene rings is 2. The van der Waals surface area contributed by atoms with Crippen LogP contribution in [-0.2, 0) is 7.05 Å². The van der Waals surface area contributed by atoms with E-state index >= 15 is 0 Å². The summed E-state index contributed by atoms with van der Waals surface area (Å²) in [5, 5.41) is 10.5. The molecule has 3 rings (SSSR count). The van der Waals surface area contributed by atoms with Crippen LogP contribution in [0.2, 0.25) is 0 Å². The average Bonchev–Trinajstić information content (AvgIpc) is 2.58. The topological polar surface area (TPSA) is 55.1 Å². The van der Waals surface area contributed by atoms with Gasteiger partial charge in [0.15, 0.2) is 0 Å². The van der Waals surface area contributed by atoms with Crippen LogP contribution in [-0.4, -0.2) is 14.7 Å². The van der Waals surface area contributed by atoms with Crippen LogP contribution in [0.5, 0.6) is 0 Å². The number of rotatable bonds is 3. The summed E-state index contributed by atoms with van der Waals surface area (Å²) in [6.45, 7) is 0. The van der Waals surface area contributed by atoms with Gasteiger partial charge in [0.25, 0.3) is 5.56 Å². The predicted octanol–water partition coefficient (Wildman–Crippen LogP) is 3.43. The van der Waals surface area contributed by atoms with Crippen molar-refractivity contribution < 1.29 is 9.50 Å². The summed E-state index contributed by atoms with van der Waals surface area (Å²) >= 11 is 3.34. The molecule has 3 aromatic rings. The van der Waals surface area contributed by atoms with Crippen molar-refractivity contribution in [1.82, 2.24) is 9.55 Å². The molecule has 0 saturated carbocycles. The first-order chi connectivity index (χ1) is 11.5. The SMILES string of the molecule is Cn1c(C(O)c2ccc(Br)cc2)cnc(-c2ccc(F)cc2)c1=O. The molecule has 0 spiro atoms. The lowest BCUT2D eigenvalue weighted by Gasteiger charge is -2.16. The first-order valence-corrected chi connectivity index (χ1v) is 8.02. The number of halogens is 2. The Balaban J connectivity index is 2.02. The molecule has 1 N–H and O–H groups in total. The summed E-state index contributed by atoms with van der Waals surface area (Å²) in [5.74, 6) is -0.377. The molecule has 24 heavy (non-hydrogen) atoms. The van der Waals surface area contributed by atoms with E-state index in [0.29, 0.717) is 16.8 Å². The van der Waals surface area contributed by atoms with Gasteiger partial charge in [-0.3, -0.25) is 4.79 Å². The second kappa shape index (κ2) is 6.67. The first-order valence-electron chi connectivity index (χ1n) is 7.23. The van der Waals surface area contributed by atoms with Gasteiger partial charge in [0.05, 0.1) is 11.9 Å². The Bertz CT molecular complexity index is 921. The molecule has 0 amide bonds. The number of hydrogen-bond donors (Lipinski definition) is 1. The van der Waals surface area contributed by atoms with Gasteiger partial charge in [-0.25, -0.2) is 9.37 Å². The van der Waals surface area contributed by atoms with Crippen LogP contribution in [0.25, 0.3) is 11.3 Å². The van der Waals surface area contributed by atoms with Crippen molar-refractivity contribution in [2.24, 2.45) is 7.05 Å². The van der Waals surface area contributed by atoms with Crippen LogP contribution in [0.15, 0.2) is 64.0 Å². The highest BCUT2D eigenvalue weighted by Crippen LogP contribution is 2.23. The fraction of sp³-hybridized carbons (Fsp3) is 0.111. The Morgan fingerprint density at radius 2 is 1.75 bits per heavy atom. The second-order valence-corrected chi connectivity index (χ2v) is 6.27. The van der Waals surface area contributed by atoms with Gasteiger partial charge in [-0.2, -0.15) is 0 Å². The fourth-order valence-electron chi connectivity index (χ4n) is 2.42. The van der Waals surface area contributed by atoms with Gasteiger partial charge < -0.3 is 9.67 Å². The third kappa shape index (κ3) is 3.16. The zero-order valence-corrected chi connectivity index (χ0v) is 14.4. The van der Waals surface area contributed by atoms with Crippen molar-refractivity contribution in [3.8, 4) is 11.3 Å². The van der Waals surface area contributed by atoms with Crippen molar-refractivity contribution in [2.75, 3.05) is 0 Å². The fourth-order valence-corrected chi connectivity index (χ4v) is 2.69. The van der Waals surface area contributed by atoms with Crippen LogP contribution in [0.4, 0.5) is 4.39 Å². The molecule has 0 aliphatic heterocycles. The van der Waals surface area contributed by atoms with E-state index in [4.69, 9.17) is 0 Å². The van der Waals surface area contributed by atoms with Crippen LogP contribution < -0.4 is 5.56 Å². The Hall–Kier alpha value is -2.31. The highest BCUT2D eigenvalue weighted by molar-refractivity contribution is 9.10. The van der Waals surface area contributed by atoms with Gasteiger partial charge in [0, 0.05) is 17.1 Å². The summed E-state index contributed by atoms with van der Waals surface area (Å²) in [7, 11) is 1.58. The zero-order valence-electron chi connectivity index (χ0n) is 12.8. The monoisotopic (exact) mass is 388 g/mol. The number of aliphatic hydroxyl groups is 1. The van der Waals surface area contributed by atoms with Crippen LogP contribution in [0.1, 0.15) is 17.4 Å². The Labute approximate surface area is 146 Å². The summed E-state index contributed by atoms with van der Waals surface area (Å²) in [6, 6.07) is 12.7. The van der Waals surface area contributed by atoms with Gasteiger partial charge in [-0.15, -0.1) is 0 Å². The molecule has 0 bridgehead atoms. The molecule has 1 atom stereocenters. The standard InChI is InChI=1S/C18H14BrFN2O2/c1-22-15(17(23)12-2-6-13(19)7-3-12)10-21-16(18(22)24)11-4-8-14(20)9-5-11/h2-10,17,23H,1H3. The smallest absolute Gasteiger partial charge is 0.277 e. The van der Waals surface area contributed by atoms with Crippen molar-refractivity contribution in [3.63, 3.8) is 0 Å². The second-order valence-electron chi connectivity index (χ2n) is 5.36. The van der Waals surface area contributed by atoms with E-state index in [0.717, 1.165) is 4.47 Å². The minimum Gasteiger partial charge on any atom is -0.382 e. The van der Waals surface area contributed by atoms with E-state index < -0.39 is 6.10 Å². The van der Waals surface area contributed by atoms with Gasteiger partial charge >= 0.3 is 0 Å². The van der Waals surface area contributed by atoms with Gasteiger partial charge in [0.1, 0.15) is 17.6 Å². The average molecular weight is 389 g/mol. The molecule has 1 aromatic heterocycles. The van der Waals surface area contributed by atoms with E-state index in [-0.39, 0.29) is 17.1 Å². The van der Waals surface area contributed by atoms with Crippen LogP contribution >= 0.6 is 15.9 Å². The minimum absolute atomic E-state index is 0.212. The van der Waals surface area contributed by atoms with Crippen molar-refractivity contribution in [3.05, 3.63) is 86.6 Å². The normalized spacial score (nSPS) is 12.2. The maximum Gasteiger partial charge on any atom is 0.277 e. The molecular weight excluding hydrogens is 375 g/mol. The summed E-state index contributed by atoms with van der Waals surface area (Å²) in [4.78, 5) is 16.7. The van der Waals surface area contributed by atoms with E-state index in [1.165, 1.54) is 35.0 Å². The highest BCUT2D eigenvalue weighted by Gasteiger charge is 2.17. The molecule has 1 heterocycles. The number of aromatic nitrogens is 2. The van der Waals surface area contributed by atoms with E-state index in [1.54, 1.807) is 19.2 Å². The molecule has 1 unspecified atom stereocenters. The molecule has 2 aromatic carbocycles. The first kappa shape index (κ1) is 16.5. The number of hydrogen-bond acceptors (Lipinski definition) is 3. The molecule has 0 aliphatic rings. The maximum atomic E-state index is 13.0. The minimum atomic E-state index is -0.967. The van der Waals surface area contributed by atoms with Crippen molar-refractivity contribution in [2.45, 2.75) is 6.10 Å². The predicted molar refractivity (Wildman–Crippen MR) is 93.1 cm³/mol. The van der Waals surface area contributed by atoms with E-state index in [1.807, 2.05) is 12.1 Å². The molecule has 122 valence electrons. The Kier molecular flexibility index (Phi) is 4.59. The lowest BCUT2D eigenvalue weighted by molar-refractivity contribution is 0.209. The number of aliphatic hydroxyl groups excluding tert-OH is 1. The Morgan fingerprint density at radius 1 is 1.12 bits per heavy atom.